The van der Waals surface area contributed by atoms with E-state index in [1.54, 1.807) is 20.0 Å². The molecule has 13 heavy (non-hydrogen) atoms. The van der Waals surface area contributed by atoms with Gasteiger partial charge in [0, 0.05) is 5.57 Å². The van der Waals surface area contributed by atoms with E-state index in [1.807, 2.05) is 0 Å². The van der Waals surface area contributed by atoms with E-state index in [9.17, 15) is 9.59 Å². The van der Waals surface area contributed by atoms with Crippen LogP contribution < -0.4 is 0 Å². The van der Waals surface area contributed by atoms with Crippen LogP contribution >= 0.6 is 0 Å². The van der Waals surface area contributed by atoms with Crippen LogP contribution in [0.25, 0.3) is 0 Å². The number of esters is 1. The number of hydrogen-bond acceptors (Lipinski definition) is 2. The van der Waals surface area contributed by atoms with Crippen LogP contribution in [0.3, 0.4) is 0 Å². The van der Waals surface area contributed by atoms with Crippen LogP contribution in [0.5, 0.6) is 0 Å². The summed E-state index contributed by atoms with van der Waals surface area (Å²) in [7, 11) is -2.22. The quantitative estimate of drug-likeness (QED) is 0.296. The first kappa shape index (κ1) is 12.4. The zero-order chi connectivity index (χ0) is 10.5. The van der Waals surface area contributed by atoms with Gasteiger partial charge in [0.1, 0.15) is 0 Å². The molecular formula is C9H17O3Si. The maximum absolute atomic E-state index is 11.3. The molecule has 0 atom stereocenters. The molecule has 0 aromatic rings. The molecule has 0 fully saturated rings. The minimum Gasteiger partial charge on any atom is -0.462 e. The summed E-state index contributed by atoms with van der Waals surface area (Å²) < 4.78 is 4.84. The SMILES string of the molecule is C=C(C)C(=O)OCCC[Si](C)(C)[O]. The van der Waals surface area contributed by atoms with Crippen molar-refractivity contribution in [2.75, 3.05) is 6.61 Å². The maximum atomic E-state index is 11.3. The molecule has 1 radical (unpaired) electrons. The van der Waals surface area contributed by atoms with Gasteiger partial charge in [-0.05, 0) is 32.5 Å². The standard InChI is InChI=1S/C9H17O3Si/c1-8(2)9(10)12-6-5-7-13(3,4)11/h1,5-7H2,2-4H3. The van der Waals surface area contributed by atoms with Crippen molar-refractivity contribution in [2.45, 2.75) is 32.5 Å². The highest BCUT2D eigenvalue weighted by Gasteiger charge is 2.18. The summed E-state index contributed by atoms with van der Waals surface area (Å²) in [4.78, 5) is 22.1. The predicted octanol–water partition coefficient (Wildman–Crippen LogP) is 2.13. The van der Waals surface area contributed by atoms with Crippen LogP contribution in [-0.2, 0) is 14.3 Å². The largest absolute Gasteiger partial charge is 0.462 e. The monoisotopic (exact) mass is 201 g/mol. The lowest BCUT2D eigenvalue weighted by Gasteiger charge is -2.10. The Bertz CT molecular complexity index is 194. The van der Waals surface area contributed by atoms with Crippen LogP contribution in [0.2, 0.25) is 19.1 Å². The Kier molecular flexibility index (Phi) is 4.94. The van der Waals surface area contributed by atoms with Crippen molar-refractivity contribution >= 4 is 14.3 Å². The van der Waals surface area contributed by atoms with Crippen molar-refractivity contribution in [3.05, 3.63) is 12.2 Å². The van der Waals surface area contributed by atoms with Gasteiger partial charge in [0.15, 0.2) is 0 Å². The highest BCUT2D eigenvalue weighted by Crippen LogP contribution is 2.08. The summed E-state index contributed by atoms with van der Waals surface area (Å²) >= 11 is 0. The Morgan fingerprint density at radius 3 is 2.38 bits per heavy atom. The number of carbonyl (C=O) groups is 1. The maximum Gasteiger partial charge on any atom is 0.333 e. The fraction of sp³-hybridized carbons (Fsp3) is 0.667. The topological polar surface area (TPSA) is 46.2 Å². The van der Waals surface area contributed by atoms with Crippen molar-refractivity contribution in [3.63, 3.8) is 0 Å². The molecule has 0 bridgehead atoms. The van der Waals surface area contributed by atoms with Crippen LogP contribution in [0.15, 0.2) is 12.2 Å². The molecule has 0 aromatic heterocycles. The highest BCUT2D eigenvalue weighted by atomic mass is 28.4. The second-order valence-corrected chi connectivity index (χ2v) is 7.80. The van der Waals surface area contributed by atoms with Gasteiger partial charge in [0.25, 0.3) is 0 Å². The Labute approximate surface area is 80.5 Å². The van der Waals surface area contributed by atoms with Crippen molar-refractivity contribution in [2.24, 2.45) is 0 Å². The summed E-state index contributed by atoms with van der Waals surface area (Å²) in [6.45, 7) is 8.91. The number of ether oxygens (including phenoxy) is 1. The molecule has 0 aliphatic heterocycles. The molecule has 0 spiro atoms. The lowest BCUT2D eigenvalue weighted by molar-refractivity contribution is -0.138. The molecular weight excluding hydrogens is 184 g/mol. The molecule has 3 nitrogen and oxygen atoms in total. The number of hydrogen-bond donors (Lipinski definition) is 0. The van der Waals surface area contributed by atoms with Gasteiger partial charge in [0.05, 0.1) is 6.61 Å². The van der Waals surface area contributed by atoms with Gasteiger partial charge < -0.3 is 4.74 Å². The Morgan fingerprint density at radius 1 is 1.46 bits per heavy atom. The molecule has 0 aliphatic rings. The predicted molar refractivity (Wildman–Crippen MR) is 53.4 cm³/mol. The smallest absolute Gasteiger partial charge is 0.333 e. The number of carbonyl (C=O) groups excluding carboxylic acids is 1. The average Bonchev–Trinajstić information content (AvgIpc) is 1.95. The zero-order valence-corrected chi connectivity index (χ0v) is 9.55. The molecule has 0 rings (SSSR count). The van der Waals surface area contributed by atoms with Crippen molar-refractivity contribution in [1.82, 2.24) is 0 Å². The van der Waals surface area contributed by atoms with Gasteiger partial charge in [-0.25, -0.2) is 4.79 Å². The molecule has 0 heterocycles. The minimum atomic E-state index is -2.22. The summed E-state index contributed by atoms with van der Waals surface area (Å²) in [6.07, 6.45) is 0.668. The fourth-order valence-corrected chi connectivity index (χ4v) is 1.78. The third kappa shape index (κ3) is 7.74. The lowest BCUT2D eigenvalue weighted by Crippen LogP contribution is -2.23. The summed E-state index contributed by atoms with van der Waals surface area (Å²) in [5, 5.41) is 0. The Hall–Kier alpha value is -0.613. The van der Waals surface area contributed by atoms with E-state index >= 15 is 0 Å². The van der Waals surface area contributed by atoms with Crippen LogP contribution in [0, 0.1) is 0 Å². The van der Waals surface area contributed by atoms with E-state index < -0.39 is 8.32 Å². The van der Waals surface area contributed by atoms with Crippen LogP contribution in [-0.4, -0.2) is 20.9 Å². The summed E-state index contributed by atoms with van der Waals surface area (Å²) in [5.74, 6) is -0.370. The van der Waals surface area contributed by atoms with Gasteiger partial charge in [-0.3, -0.25) is 4.80 Å². The molecule has 0 amide bonds. The lowest BCUT2D eigenvalue weighted by atomic mass is 10.4. The fourth-order valence-electron chi connectivity index (χ4n) is 0.786. The van der Waals surface area contributed by atoms with Gasteiger partial charge in [-0.15, -0.1) is 0 Å². The summed E-state index contributed by atoms with van der Waals surface area (Å²) in [5.41, 5.74) is 0.402. The first-order valence-corrected chi connectivity index (χ1v) is 7.47. The molecule has 0 saturated carbocycles. The van der Waals surface area contributed by atoms with Crippen molar-refractivity contribution in [1.29, 1.82) is 0 Å². The minimum absolute atomic E-state index is 0.338. The van der Waals surface area contributed by atoms with Crippen molar-refractivity contribution < 1.29 is 14.3 Å². The van der Waals surface area contributed by atoms with E-state index in [1.165, 1.54) is 0 Å². The van der Waals surface area contributed by atoms with Crippen molar-refractivity contribution in [3.8, 4) is 0 Å². The Morgan fingerprint density at radius 2 is 2.00 bits per heavy atom. The molecule has 75 valence electrons. The van der Waals surface area contributed by atoms with E-state index in [-0.39, 0.29) is 5.97 Å². The molecule has 0 N–H and O–H groups in total. The van der Waals surface area contributed by atoms with E-state index in [0.29, 0.717) is 24.6 Å². The average molecular weight is 201 g/mol. The highest BCUT2D eigenvalue weighted by molar-refractivity contribution is 6.69. The third-order valence-corrected chi connectivity index (χ3v) is 3.06. The van der Waals surface area contributed by atoms with Gasteiger partial charge in [-0.1, -0.05) is 6.58 Å². The third-order valence-electron chi connectivity index (χ3n) is 1.50. The normalized spacial score (nSPS) is 11.1. The molecule has 0 unspecified atom stereocenters. The first-order chi connectivity index (χ1) is 5.83. The molecule has 4 heteroatoms. The van der Waals surface area contributed by atoms with Crippen LogP contribution in [0.4, 0.5) is 0 Å². The zero-order valence-electron chi connectivity index (χ0n) is 8.55. The first-order valence-electron chi connectivity index (χ1n) is 4.36. The van der Waals surface area contributed by atoms with E-state index in [4.69, 9.17) is 4.74 Å². The van der Waals surface area contributed by atoms with Gasteiger partial charge >= 0.3 is 5.97 Å². The van der Waals surface area contributed by atoms with Gasteiger partial charge in [-0.2, -0.15) is 0 Å². The number of rotatable bonds is 5. The Balaban J connectivity index is 3.47. The molecule has 0 aromatic carbocycles. The second kappa shape index (κ2) is 5.19. The molecule has 0 saturated heterocycles. The summed E-state index contributed by atoms with van der Waals surface area (Å²) in [6, 6.07) is 0.649. The van der Waals surface area contributed by atoms with E-state index in [0.717, 1.165) is 0 Å². The van der Waals surface area contributed by atoms with Crippen LogP contribution in [0.1, 0.15) is 13.3 Å². The van der Waals surface area contributed by atoms with E-state index in [2.05, 4.69) is 6.58 Å². The second-order valence-electron chi connectivity index (χ2n) is 3.78. The molecule has 0 aliphatic carbocycles. The van der Waals surface area contributed by atoms with Gasteiger partial charge in [0.2, 0.25) is 8.32 Å².